The van der Waals surface area contributed by atoms with Crippen LogP contribution >= 0.6 is 11.6 Å². The summed E-state index contributed by atoms with van der Waals surface area (Å²) in [5.74, 6) is 0.418. The Kier molecular flexibility index (Phi) is 4.25. The van der Waals surface area contributed by atoms with Crippen LogP contribution < -0.4 is 0 Å². The third-order valence-corrected chi connectivity index (χ3v) is 3.77. The fourth-order valence-corrected chi connectivity index (χ4v) is 2.79. The van der Waals surface area contributed by atoms with Gasteiger partial charge in [-0.2, -0.15) is 0 Å². The third-order valence-electron chi connectivity index (χ3n) is 3.54. The lowest BCUT2D eigenvalue weighted by molar-refractivity contribution is 0.0988. The van der Waals surface area contributed by atoms with Crippen molar-refractivity contribution in [3.8, 4) is 0 Å². The number of aliphatic hydroxyl groups excluding tert-OH is 1. The van der Waals surface area contributed by atoms with E-state index >= 15 is 0 Å². The van der Waals surface area contributed by atoms with E-state index in [4.69, 9.17) is 11.6 Å². The number of hydrogen-bond acceptors (Lipinski definition) is 1. The van der Waals surface area contributed by atoms with E-state index in [2.05, 4.69) is 0 Å². The standard InChI is InChI=1S/C14H19ClO/c15-13-9-5-8-12(10-13)14(16)11-6-3-1-2-4-7-11/h5,8-11,14,16H,1-4,6-7H2. The molecule has 1 fully saturated rings. The number of halogens is 1. The second-order valence-corrected chi connectivity index (χ2v) is 5.19. The summed E-state index contributed by atoms with van der Waals surface area (Å²) in [6.07, 6.45) is 7.10. The maximum Gasteiger partial charge on any atom is 0.0818 e. The van der Waals surface area contributed by atoms with Gasteiger partial charge in [-0.25, -0.2) is 0 Å². The lowest BCUT2D eigenvalue weighted by Gasteiger charge is -2.21. The molecule has 16 heavy (non-hydrogen) atoms. The maximum atomic E-state index is 10.3. The molecule has 0 aromatic heterocycles. The molecule has 0 aliphatic heterocycles. The fraction of sp³-hybridized carbons (Fsp3) is 0.571. The van der Waals surface area contributed by atoms with Gasteiger partial charge in [0.15, 0.2) is 0 Å². The van der Waals surface area contributed by atoms with Gasteiger partial charge in [0.05, 0.1) is 6.10 Å². The van der Waals surface area contributed by atoms with Gasteiger partial charge in [-0.3, -0.25) is 0 Å². The van der Waals surface area contributed by atoms with Crippen LogP contribution in [0.1, 0.15) is 50.2 Å². The summed E-state index contributed by atoms with van der Waals surface area (Å²) in [6.45, 7) is 0. The molecule has 0 radical (unpaired) electrons. The van der Waals surface area contributed by atoms with Gasteiger partial charge in [-0.15, -0.1) is 0 Å². The SMILES string of the molecule is OC(c1cccc(Cl)c1)C1CCCCCC1. The molecular formula is C14H19ClO. The first-order valence-corrected chi connectivity index (χ1v) is 6.59. The normalized spacial score (nSPS) is 20.4. The Morgan fingerprint density at radius 2 is 1.81 bits per heavy atom. The minimum absolute atomic E-state index is 0.336. The molecule has 0 bridgehead atoms. The van der Waals surface area contributed by atoms with Crippen molar-refractivity contribution in [2.75, 3.05) is 0 Å². The minimum atomic E-state index is -0.336. The molecular weight excluding hydrogens is 220 g/mol. The summed E-state index contributed by atoms with van der Waals surface area (Å²) in [7, 11) is 0. The van der Waals surface area contributed by atoms with Crippen molar-refractivity contribution in [1.82, 2.24) is 0 Å². The molecule has 88 valence electrons. The smallest absolute Gasteiger partial charge is 0.0818 e. The Balaban J connectivity index is 2.07. The molecule has 1 aliphatic carbocycles. The molecule has 1 aromatic carbocycles. The van der Waals surface area contributed by atoms with Crippen LogP contribution in [-0.2, 0) is 0 Å². The molecule has 1 aliphatic rings. The summed E-state index contributed by atoms with van der Waals surface area (Å²) in [4.78, 5) is 0. The summed E-state index contributed by atoms with van der Waals surface area (Å²) in [5.41, 5.74) is 0.972. The fourth-order valence-electron chi connectivity index (χ4n) is 2.59. The molecule has 1 aromatic rings. The number of hydrogen-bond donors (Lipinski definition) is 1. The topological polar surface area (TPSA) is 20.2 Å². The molecule has 1 atom stereocenters. The van der Waals surface area contributed by atoms with E-state index in [-0.39, 0.29) is 6.10 Å². The average molecular weight is 239 g/mol. The lowest BCUT2D eigenvalue weighted by atomic mass is 9.89. The van der Waals surface area contributed by atoms with Gasteiger partial charge in [0.2, 0.25) is 0 Å². The molecule has 0 amide bonds. The van der Waals surface area contributed by atoms with Gasteiger partial charge in [-0.1, -0.05) is 49.4 Å². The summed E-state index contributed by atoms with van der Waals surface area (Å²) in [6, 6.07) is 7.63. The van der Waals surface area contributed by atoms with Crippen LogP contribution in [0.15, 0.2) is 24.3 Å². The van der Waals surface area contributed by atoms with E-state index in [1.807, 2.05) is 24.3 Å². The first kappa shape index (κ1) is 11.9. The van der Waals surface area contributed by atoms with Crippen molar-refractivity contribution in [3.63, 3.8) is 0 Å². The quantitative estimate of drug-likeness (QED) is 0.760. The van der Waals surface area contributed by atoms with Crippen LogP contribution in [0.5, 0.6) is 0 Å². The number of aliphatic hydroxyl groups is 1. The van der Waals surface area contributed by atoms with E-state index in [1.54, 1.807) is 0 Å². The number of rotatable bonds is 2. The number of benzene rings is 1. The highest BCUT2D eigenvalue weighted by molar-refractivity contribution is 6.30. The Hall–Kier alpha value is -0.530. The monoisotopic (exact) mass is 238 g/mol. The van der Waals surface area contributed by atoms with Crippen molar-refractivity contribution < 1.29 is 5.11 Å². The molecule has 2 rings (SSSR count). The zero-order chi connectivity index (χ0) is 11.4. The van der Waals surface area contributed by atoms with Crippen LogP contribution in [0, 0.1) is 5.92 Å². The zero-order valence-electron chi connectivity index (χ0n) is 9.53. The summed E-state index contributed by atoms with van der Waals surface area (Å²) in [5, 5.41) is 11.0. The Morgan fingerprint density at radius 1 is 1.12 bits per heavy atom. The van der Waals surface area contributed by atoms with E-state index in [9.17, 15) is 5.11 Å². The van der Waals surface area contributed by atoms with Gasteiger partial charge < -0.3 is 5.11 Å². The first-order chi connectivity index (χ1) is 7.77. The zero-order valence-corrected chi connectivity index (χ0v) is 10.3. The van der Waals surface area contributed by atoms with Gasteiger partial charge in [0.25, 0.3) is 0 Å². The van der Waals surface area contributed by atoms with Crippen molar-refractivity contribution >= 4 is 11.6 Å². The molecule has 1 nitrogen and oxygen atoms in total. The average Bonchev–Trinajstić information content (AvgIpc) is 2.56. The van der Waals surface area contributed by atoms with Crippen LogP contribution in [0.3, 0.4) is 0 Å². The van der Waals surface area contributed by atoms with Crippen LogP contribution in [0.4, 0.5) is 0 Å². The van der Waals surface area contributed by atoms with E-state index in [0.29, 0.717) is 10.9 Å². The van der Waals surface area contributed by atoms with Gasteiger partial charge in [0.1, 0.15) is 0 Å². The first-order valence-electron chi connectivity index (χ1n) is 6.21. The van der Waals surface area contributed by atoms with Crippen molar-refractivity contribution in [2.45, 2.75) is 44.6 Å². The van der Waals surface area contributed by atoms with Crippen LogP contribution in [-0.4, -0.2) is 5.11 Å². The predicted octanol–water partition coefficient (Wildman–Crippen LogP) is 4.34. The van der Waals surface area contributed by atoms with Gasteiger partial charge in [-0.05, 0) is 36.5 Å². The molecule has 0 spiro atoms. The Bertz CT molecular complexity index is 329. The molecule has 0 saturated heterocycles. The highest BCUT2D eigenvalue weighted by Crippen LogP contribution is 2.33. The third kappa shape index (κ3) is 2.99. The van der Waals surface area contributed by atoms with Crippen LogP contribution in [0.25, 0.3) is 0 Å². The maximum absolute atomic E-state index is 10.3. The largest absolute Gasteiger partial charge is 0.388 e. The van der Waals surface area contributed by atoms with E-state index in [0.717, 1.165) is 18.4 Å². The van der Waals surface area contributed by atoms with E-state index in [1.165, 1.54) is 25.7 Å². The minimum Gasteiger partial charge on any atom is -0.388 e. The summed E-state index contributed by atoms with van der Waals surface area (Å²) < 4.78 is 0. The second kappa shape index (κ2) is 5.70. The molecule has 0 heterocycles. The van der Waals surface area contributed by atoms with Crippen molar-refractivity contribution in [3.05, 3.63) is 34.9 Å². The van der Waals surface area contributed by atoms with Crippen LogP contribution in [0.2, 0.25) is 5.02 Å². The molecule has 1 saturated carbocycles. The van der Waals surface area contributed by atoms with E-state index < -0.39 is 0 Å². The highest BCUT2D eigenvalue weighted by atomic mass is 35.5. The van der Waals surface area contributed by atoms with Gasteiger partial charge >= 0.3 is 0 Å². The lowest BCUT2D eigenvalue weighted by Crippen LogP contribution is -2.11. The molecule has 2 heteroatoms. The predicted molar refractivity (Wildman–Crippen MR) is 67.6 cm³/mol. The summed E-state index contributed by atoms with van der Waals surface area (Å²) >= 11 is 5.95. The Labute approximate surface area is 102 Å². The van der Waals surface area contributed by atoms with Crippen molar-refractivity contribution in [2.24, 2.45) is 5.92 Å². The highest BCUT2D eigenvalue weighted by Gasteiger charge is 2.21. The molecule has 1 unspecified atom stereocenters. The van der Waals surface area contributed by atoms with Gasteiger partial charge in [0, 0.05) is 5.02 Å². The Morgan fingerprint density at radius 3 is 2.44 bits per heavy atom. The second-order valence-electron chi connectivity index (χ2n) is 4.75. The molecule has 1 N–H and O–H groups in total. The van der Waals surface area contributed by atoms with Crippen molar-refractivity contribution in [1.29, 1.82) is 0 Å².